The highest BCUT2D eigenvalue weighted by Gasteiger charge is 2.31. The summed E-state index contributed by atoms with van der Waals surface area (Å²) in [5.74, 6) is 1.38. The number of pyridine rings is 1. The Morgan fingerprint density at radius 3 is 2.56 bits per heavy atom. The Morgan fingerprint density at radius 1 is 1.16 bits per heavy atom. The number of nitrogens with zero attached hydrogens (tertiary/aromatic N) is 6. The monoisotopic (exact) mass is 437 g/mol. The van der Waals surface area contributed by atoms with Gasteiger partial charge in [0.1, 0.15) is 5.76 Å². The number of anilines is 1. The Balaban J connectivity index is 1.26. The third kappa shape index (κ3) is 3.97. The lowest BCUT2D eigenvalue weighted by Crippen LogP contribution is -2.50. The minimum absolute atomic E-state index is 0.0116. The third-order valence-corrected chi connectivity index (χ3v) is 6.14. The zero-order valence-electron chi connectivity index (χ0n) is 18.6. The molecule has 0 spiro atoms. The standard InChI is InChI=1S/C22H27N7O3/c1-13-10-18(26-32-13)24-19(30)12-28-6-8-29(9-7-28)22(31)16-11-17(15-4-5-15)23-21-20(16)14(2)25-27(21)3/h10-11,15H,4-9,12H2,1-3H3,(H,24,26,30). The fourth-order valence-corrected chi connectivity index (χ4v) is 4.31. The Hall–Kier alpha value is -3.27. The van der Waals surface area contributed by atoms with Crippen molar-refractivity contribution in [2.75, 3.05) is 38.0 Å². The molecule has 10 nitrogen and oxygen atoms in total. The summed E-state index contributed by atoms with van der Waals surface area (Å²) in [4.78, 5) is 34.5. The second kappa shape index (κ2) is 8.01. The van der Waals surface area contributed by atoms with E-state index < -0.39 is 0 Å². The Labute approximate surface area is 185 Å². The maximum Gasteiger partial charge on any atom is 0.254 e. The van der Waals surface area contributed by atoms with Crippen molar-refractivity contribution in [1.29, 1.82) is 0 Å². The van der Waals surface area contributed by atoms with Crippen molar-refractivity contribution in [3.05, 3.63) is 34.8 Å². The zero-order chi connectivity index (χ0) is 22.4. The van der Waals surface area contributed by atoms with E-state index in [4.69, 9.17) is 9.51 Å². The summed E-state index contributed by atoms with van der Waals surface area (Å²) in [6.45, 7) is 6.34. The largest absolute Gasteiger partial charge is 0.360 e. The van der Waals surface area contributed by atoms with Crippen LogP contribution in [0.3, 0.4) is 0 Å². The van der Waals surface area contributed by atoms with Crippen LogP contribution < -0.4 is 5.32 Å². The second-order valence-corrected chi connectivity index (χ2v) is 8.72. The van der Waals surface area contributed by atoms with Gasteiger partial charge in [0.05, 0.1) is 23.2 Å². The van der Waals surface area contributed by atoms with Crippen LogP contribution in [-0.2, 0) is 11.8 Å². The van der Waals surface area contributed by atoms with Crippen molar-refractivity contribution in [3.63, 3.8) is 0 Å². The topological polar surface area (TPSA) is 109 Å². The molecule has 1 aliphatic carbocycles. The van der Waals surface area contributed by atoms with E-state index in [1.807, 2.05) is 29.8 Å². The molecule has 1 N–H and O–H groups in total. The number of carbonyl (C=O) groups is 2. The first-order chi connectivity index (χ1) is 15.4. The number of piperazine rings is 1. The van der Waals surface area contributed by atoms with E-state index in [1.54, 1.807) is 17.7 Å². The van der Waals surface area contributed by atoms with E-state index in [0.29, 0.717) is 49.2 Å². The molecule has 0 atom stereocenters. The lowest BCUT2D eigenvalue weighted by atomic mass is 10.1. The zero-order valence-corrected chi connectivity index (χ0v) is 18.6. The number of hydrogen-bond acceptors (Lipinski definition) is 7. The van der Waals surface area contributed by atoms with Gasteiger partial charge < -0.3 is 14.7 Å². The molecule has 168 valence electrons. The van der Waals surface area contributed by atoms with Gasteiger partial charge in [-0.15, -0.1) is 0 Å². The van der Waals surface area contributed by atoms with E-state index >= 15 is 0 Å². The Bertz CT molecular complexity index is 1190. The first-order valence-electron chi connectivity index (χ1n) is 11.0. The number of fused-ring (bicyclic) bond motifs is 1. The molecule has 10 heteroatoms. The molecule has 1 aliphatic heterocycles. The quantitative estimate of drug-likeness (QED) is 0.649. The summed E-state index contributed by atoms with van der Waals surface area (Å²) in [6.07, 6.45) is 2.25. The molecular formula is C22H27N7O3. The molecule has 4 heterocycles. The van der Waals surface area contributed by atoms with Gasteiger partial charge in [0.25, 0.3) is 5.91 Å². The Kier molecular flexibility index (Phi) is 5.16. The van der Waals surface area contributed by atoms with Gasteiger partial charge >= 0.3 is 0 Å². The van der Waals surface area contributed by atoms with Crippen LogP contribution in [0.25, 0.3) is 11.0 Å². The summed E-state index contributed by atoms with van der Waals surface area (Å²) in [5, 5.41) is 11.9. The molecule has 32 heavy (non-hydrogen) atoms. The lowest BCUT2D eigenvalue weighted by molar-refractivity contribution is -0.117. The van der Waals surface area contributed by atoms with Gasteiger partial charge in [-0.2, -0.15) is 5.10 Å². The van der Waals surface area contributed by atoms with Gasteiger partial charge in [0.2, 0.25) is 5.91 Å². The fourth-order valence-electron chi connectivity index (χ4n) is 4.31. The van der Waals surface area contributed by atoms with E-state index in [9.17, 15) is 9.59 Å². The molecule has 0 aromatic carbocycles. The molecule has 0 bridgehead atoms. The fraction of sp³-hybridized carbons (Fsp3) is 0.500. The van der Waals surface area contributed by atoms with Crippen LogP contribution in [0.1, 0.15) is 46.3 Å². The van der Waals surface area contributed by atoms with Crippen LogP contribution in [0.5, 0.6) is 0 Å². The maximum absolute atomic E-state index is 13.5. The first kappa shape index (κ1) is 20.6. The molecule has 5 rings (SSSR count). The molecule has 1 saturated carbocycles. The summed E-state index contributed by atoms with van der Waals surface area (Å²) < 4.78 is 6.74. The van der Waals surface area contributed by atoms with Crippen LogP contribution in [0, 0.1) is 13.8 Å². The minimum atomic E-state index is -0.144. The van der Waals surface area contributed by atoms with Gasteiger partial charge in [-0.3, -0.25) is 19.2 Å². The number of amides is 2. The molecule has 2 aliphatic rings. The first-order valence-corrected chi connectivity index (χ1v) is 11.0. The SMILES string of the molecule is Cc1cc(NC(=O)CN2CCN(C(=O)c3cc(C4CC4)nc4c3c(C)nn4C)CC2)no1. The summed E-state index contributed by atoms with van der Waals surface area (Å²) >= 11 is 0. The van der Waals surface area contributed by atoms with E-state index in [-0.39, 0.29) is 18.4 Å². The highest BCUT2D eigenvalue weighted by molar-refractivity contribution is 6.06. The molecule has 1 saturated heterocycles. The van der Waals surface area contributed by atoms with Gasteiger partial charge in [-0.1, -0.05) is 5.16 Å². The van der Waals surface area contributed by atoms with Crippen LogP contribution in [0.2, 0.25) is 0 Å². The van der Waals surface area contributed by atoms with E-state index in [1.165, 1.54) is 0 Å². The third-order valence-electron chi connectivity index (χ3n) is 6.14. The highest BCUT2D eigenvalue weighted by atomic mass is 16.5. The van der Waals surface area contributed by atoms with E-state index in [0.717, 1.165) is 35.3 Å². The van der Waals surface area contributed by atoms with Crippen molar-refractivity contribution in [2.24, 2.45) is 7.05 Å². The highest BCUT2D eigenvalue weighted by Crippen LogP contribution is 2.40. The molecule has 0 radical (unpaired) electrons. The van der Waals surface area contributed by atoms with Gasteiger partial charge in [-0.05, 0) is 32.8 Å². The van der Waals surface area contributed by atoms with Gasteiger partial charge in [0, 0.05) is 50.9 Å². The van der Waals surface area contributed by atoms with Crippen molar-refractivity contribution >= 4 is 28.7 Å². The van der Waals surface area contributed by atoms with Crippen molar-refractivity contribution in [2.45, 2.75) is 32.6 Å². The van der Waals surface area contributed by atoms with Crippen LogP contribution in [0.15, 0.2) is 16.7 Å². The number of aromatic nitrogens is 4. The average Bonchev–Trinajstić information content (AvgIpc) is 3.48. The van der Waals surface area contributed by atoms with E-state index in [2.05, 4.69) is 15.6 Å². The number of carbonyl (C=O) groups excluding carboxylic acids is 2. The summed E-state index contributed by atoms with van der Waals surface area (Å²) in [5.41, 5.74) is 3.27. The van der Waals surface area contributed by atoms with Gasteiger partial charge in [0.15, 0.2) is 11.5 Å². The van der Waals surface area contributed by atoms with Crippen molar-refractivity contribution in [1.82, 2.24) is 29.7 Å². The molecule has 2 amide bonds. The average molecular weight is 438 g/mol. The number of hydrogen-bond donors (Lipinski definition) is 1. The maximum atomic E-state index is 13.5. The second-order valence-electron chi connectivity index (χ2n) is 8.72. The number of rotatable bonds is 5. The molecule has 0 unspecified atom stereocenters. The lowest BCUT2D eigenvalue weighted by Gasteiger charge is -2.34. The van der Waals surface area contributed by atoms with Crippen molar-refractivity contribution in [3.8, 4) is 0 Å². The molecule has 2 fully saturated rings. The summed E-state index contributed by atoms with van der Waals surface area (Å²) in [6, 6.07) is 3.65. The minimum Gasteiger partial charge on any atom is -0.360 e. The van der Waals surface area contributed by atoms with Gasteiger partial charge in [-0.25, -0.2) is 4.98 Å². The van der Waals surface area contributed by atoms with Crippen molar-refractivity contribution < 1.29 is 14.1 Å². The predicted molar refractivity (Wildman–Crippen MR) is 117 cm³/mol. The van der Waals surface area contributed by atoms with Crippen LogP contribution in [0.4, 0.5) is 5.82 Å². The normalized spacial score (nSPS) is 17.2. The Morgan fingerprint density at radius 2 is 1.91 bits per heavy atom. The smallest absolute Gasteiger partial charge is 0.254 e. The molecule has 3 aromatic heterocycles. The van der Waals surface area contributed by atoms with Crippen LogP contribution >= 0.6 is 0 Å². The number of nitrogens with one attached hydrogen (secondary N) is 1. The predicted octanol–water partition coefficient (Wildman–Crippen LogP) is 1.85. The van der Waals surface area contributed by atoms with Crippen LogP contribution in [-0.4, -0.2) is 74.3 Å². The molecule has 3 aromatic rings. The molecular weight excluding hydrogens is 410 g/mol. The number of aryl methyl sites for hydroxylation is 3. The summed E-state index contributed by atoms with van der Waals surface area (Å²) in [7, 11) is 1.87.